The Morgan fingerprint density at radius 3 is 2.39 bits per heavy atom. The molecule has 1 saturated carbocycles. The van der Waals surface area contributed by atoms with Gasteiger partial charge in [0.2, 0.25) is 0 Å². The molecule has 1 N–H and O–H groups in total. The predicted octanol–water partition coefficient (Wildman–Crippen LogP) is 3.63. The van der Waals surface area contributed by atoms with Crippen LogP contribution in [-0.4, -0.2) is 24.5 Å². The number of nitrogens with one attached hydrogen (secondary N) is 1. The molecule has 2 aliphatic rings. The van der Waals surface area contributed by atoms with Gasteiger partial charge in [-0.3, -0.25) is 4.79 Å². The van der Waals surface area contributed by atoms with Crippen LogP contribution >= 0.6 is 0 Å². The van der Waals surface area contributed by atoms with Crippen LogP contribution in [0.1, 0.15) is 58.1 Å². The van der Waals surface area contributed by atoms with Gasteiger partial charge in [0.1, 0.15) is 5.60 Å². The highest BCUT2D eigenvalue weighted by molar-refractivity contribution is 5.90. The first-order valence-electron chi connectivity index (χ1n) is 8.88. The summed E-state index contributed by atoms with van der Waals surface area (Å²) >= 11 is 0. The Labute approximate surface area is 139 Å². The van der Waals surface area contributed by atoms with Crippen molar-refractivity contribution in [3.63, 3.8) is 0 Å². The quantitative estimate of drug-likeness (QED) is 0.922. The molecule has 3 rings (SSSR count). The summed E-state index contributed by atoms with van der Waals surface area (Å²) in [5.74, 6) is 1.56. The lowest BCUT2D eigenvalue weighted by Gasteiger charge is -2.44. The molecular formula is C20H29NO2. The summed E-state index contributed by atoms with van der Waals surface area (Å²) < 4.78 is 6.32. The van der Waals surface area contributed by atoms with Gasteiger partial charge in [-0.05, 0) is 43.2 Å². The smallest absolute Gasteiger partial charge is 0.156 e. The summed E-state index contributed by atoms with van der Waals surface area (Å²) in [6, 6.07) is 8.33. The van der Waals surface area contributed by atoms with Gasteiger partial charge >= 0.3 is 0 Å². The average Bonchev–Trinajstić information content (AvgIpc) is 3.24. The number of benzene rings is 1. The molecule has 0 radical (unpaired) electrons. The zero-order valence-electron chi connectivity index (χ0n) is 14.9. The molecule has 126 valence electrons. The van der Waals surface area contributed by atoms with Crippen molar-refractivity contribution >= 4 is 5.78 Å². The summed E-state index contributed by atoms with van der Waals surface area (Å²) in [5.41, 5.74) is 1.81. The second kappa shape index (κ2) is 6.03. The predicted molar refractivity (Wildman–Crippen MR) is 92.5 cm³/mol. The van der Waals surface area contributed by atoms with Crippen LogP contribution in [0.15, 0.2) is 24.3 Å². The molecule has 5 atom stereocenters. The van der Waals surface area contributed by atoms with Gasteiger partial charge in [-0.1, -0.05) is 45.0 Å². The third-order valence-electron chi connectivity index (χ3n) is 5.52. The normalized spacial score (nSPS) is 37.0. The Morgan fingerprint density at radius 1 is 1.26 bits per heavy atom. The number of hydrogen-bond acceptors (Lipinski definition) is 3. The van der Waals surface area contributed by atoms with E-state index in [2.05, 4.69) is 64.2 Å². The minimum Gasteiger partial charge on any atom is -0.364 e. The largest absolute Gasteiger partial charge is 0.364 e. The molecule has 1 heterocycles. The summed E-state index contributed by atoms with van der Waals surface area (Å²) in [5, 5.41) is 3.46. The number of Topliss-reactive ketones (excluding diaryl/α,β-unsaturated/α-hetero) is 1. The summed E-state index contributed by atoms with van der Waals surface area (Å²) in [6.45, 7) is 11.4. The fraction of sp³-hybridized carbons (Fsp3) is 0.650. The molecule has 0 bridgehead atoms. The summed E-state index contributed by atoms with van der Waals surface area (Å²) in [7, 11) is 0. The zero-order chi connectivity index (χ0) is 16.8. The Kier molecular flexibility index (Phi) is 4.37. The fourth-order valence-electron chi connectivity index (χ4n) is 3.74. The van der Waals surface area contributed by atoms with Crippen LogP contribution in [0.5, 0.6) is 0 Å². The van der Waals surface area contributed by atoms with Crippen LogP contribution in [0.2, 0.25) is 0 Å². The number of carbonyl (C=O) groups is 1. The fourth-order valence-corrected chi connectivity index (χ4v) is 3.74. The maximum Gasteiger partial charge on any atom is 0.156 e. The number of ketones is 1. The number of hydrogen-bond donors (Lipinski definition) is 1. The van der Waals surface area contributed by atoms with Crippen LogP contribution in [-0.2, 0) is 15.1 Å². The van der Waals surface area contributed by atoms with Crippen molar-refractivity contribution in [1.29, 1.82) is 0 Å². The van der Waals surface area contributed by atoms with Crippen molar-refractivity contribution in [3.8, 4) is 0 Å². The van der Waals surface area contributed by atoms with Crippen molar-refractivity contribution < 1.29 is 9.53 Å². The third-order valence-corrected chi connectivity index (χ3v) is 5.52. The first-order valence-corrected chi connectivity index (χ1v) is 8.88. The number of rotatable bonds is 4. The highest BCUT2D eigenvalue weighted by Crippen LogP contribution is 2.43. The van der Waals surface area contributed by atoms with Gasteiger partial charge in [-0.2, -0.15) is 0 Å². The molecule has 0 amide bonds. The molecule has 1 aromatic carbocycles. The maximum absolute atomic E-state index is 12.9. The molecule has 3 heteroatoms. The van der Waals surface area contributed by atoms with E-state index < -0.39 is 5.60 Å². The molecule has 0 spiro atoms. The lowest BCUT2D eigenvalue weighted by Crippen LogP contribution is -2.61. The molecule has 1 aliphatic heterocycles. The maximum atomic E-state index is 12.9. The topological polar surface area (TPSA) is 38.3 Å². The van der Waals surface area contributed by atoms with E-state index >= 15 is 0 Å². The second-order valence-corrected chi connectivity index (χ2v) is 7.88. The Morgan fingerprint density at radius 2 is 1.87 bits per heavy atom. The minimum atomic E-state index is -0.591. The first-order chi connectivity index (χ1) is 10.8. The summed E-state index contributed by atoms with van der Waals surface area (Å²) in [4.78, 5) is 12.9. The van der Waals surface area contributed by atoms with E-state index in [1.807, 2.05) is 0 Å². The van der Waals surface area contributed by atoms with Gasteiger partial charge in [-0.15, -0.1) is 0 Å². The lowest BCUT2D eigenvalue weighted by molar-refractivity contribution is -0.153. The van der Waals surface area contributed by atoms with Gasteiger partial charge in [0.15, 0.2) is 5.78 Å². The van der Waals surface area contributed by atoms with Crippen LogP contribution < -0.4 is 5.32 Å². The van der Waals surface area contributed by atoms with E-state index in [1.54, 1.807) is 0 Å². The van der Waals surface area contributed by atoms with E-state index in [0.29, 0.717) is 17.6 Å². The van der Waals surface area contributed by atoms with E-state index in [0.717, 1.165) is 18.5 Å². The van der Waals surface area contributed by atoms with Crippen molar-refractivity contribution in [2.45, 2.75) is 64.7 Å². The SMILES string of the molecule is CC1CNC(C(=O)C2CC2C)C(C)(c2ccc(C(C)C)cc2)O1. The Balaban J connectivity index is 1.91. The van der Waals surface area contributed by atoms with Crippen LogP contribution in [0.3, 0.4) is 0 Å². The standard InChI is InChI=1S/C20H29NO2/c1-12(2)15-6-8-16(9-7-15)20(5)19(21-11-14(4)23-20)18(22)17-10-13(17)3/h6-9,12-14,17,19,21H,10-11H2,1-5H3. The highest BCUT2D eigenvalue weighted by atomic mass is 16.5. The third kappa shape index (κ3) is 3.09. The zero-order valence-corrected chi connectivity index (χ0v) is 14.9. The van der Waals surface area contributed by atoms with Crippen molar-refractivity contribution in [3.05, 3.63) is 35.4 Å². The number of morpholine rings is 1. The van der Waals surface area contributed by atoms with E-state index in [9.17, 15) is 4.79 Å². The molecule has 3 nitrogen and oxygen atoms in total. The van der Waals surface area contributed by atoms with Gasteiger partial charge in [0, 0.05) is 12.5 Å². The highest BCUT2D eigenvalue weighted by Gasteiger charge is 2.51. The van der Waals surface area contributed by atoms with E-state index in [4.69, 9.17) is 4.74 Å². The average molecular weight is 315 g/mol. The minimum absolute atomic E-state index is 0.102. The molecule has 5 unspecified atom stereocenters. The van der Waals surface area contributed by atoms with Gasteiger partial charge in [0.25, 0.3) is 0 Å². The lowest BCUT2D eigenvalue weighted by atomic mass is 9.81. The monoisotopic (exact) mass is 315 g/mol. The van der Waals surface area contributed by atoms with Crippen LogP contribution in [0.4, 0.5) is 0 Å². The van der Waals surface area contributed by atoms with Gasteiger partial charge in [-0.25, -0.2) is 0 Å². The molecule has 23 heavy (non-hydrogen) atoms. The van der Waals surface area contributed by atoms with E-state index in [-0.39, 0.29) is 18.1 Å². The molecule has 2 fully saturated rings. The number of ether oxygens (including phenoxy) is 1. The van der Waals surface area contributed by atoms with Crippen molar-refractivity contribution in [1.82, 2.24) is 5.32 Å². The van der Waals surface area contributed by atoms with Gasteiger partial charge < -0.3 is 10.1 Å². The van der Waals surface area contributed by atoms with Gasteiger partial charge in [0.05, 0.1) is 12.1 Å². The van der Waals surface area contributed by atoms with Crippen LogP contribution in [0.25, 0.3) is 0 Å². The molecular weight excluding hydrogens is 286 g/mol. The first kappa shape index (κ1) is 16.7. The van der Waals surface area contributed by atoms with E-state index in [1.165, 1.54) is 5.56 Å². The summed E-state index contributed by atoms with van der Waals surface area (Å²) in [6.07, 6.45) is 1.13. The Hall–Kier alpha value is -1.19. The molecule has 1 aromatic rings. The molecule has 1 aliphatic carbocycles. The second-order valence-electron chi connectivity index (χ2n) is 7.88. The van der Waals surface area contributed by atoms with Crippen molar-refractivity contribution in [2.75, 3.05) is 6.54 Å². The molecule has 0 aromatic heterocycles. The Bertz CT molecular complexity index is 580. The van der Waals surface area contributed by atoms with Crippen molar-refractivity contribution in [2.24, 2.45) is 11.8 Å². The molecule has 1 saturated heterocycles. The number of carbonyl (C=O) groups excluding carboxylic acids is 1. The van der Waals surface area contributed by atoms with Crippen LogP contribution in [0, 0.1) is 11.8 Å².